The third-order valence-corrected chi connectivity index (χ3v) is 5.54. The summed E-state index contributed by atoms with van der Waals surface area (Å²) < 4.78 is 3.26. The molecule has 0 radical (unpaired) electrons. The number of hydrogen-bond donors (Lipinski definition) is 1. The summed E-state index contributed by atoms with van der Waals surface area (Å²) in [6.07, 6.45) is 4.43. The molecule has 0 aliphatic rings. The highest BCUT2D eigenvalue weighted by Crippen LogP contribution is 2.27. The molecule has 148 valence electrons. The molecule has 29 heavy (non-hydrogen) atoms. The van der Waals surface area contributed by atoms with Gasteiger partial charge in [0.2, 0.25) is 5.13 Å². The second-order valence-corrected chi connectivity index (χ2v) is 7.59. The van der Waals surface area contributed by atoms with Crippen molar-refractivity contribution in [3.63, 3.8) is 0 Å². The first kappa shape index (κ1) is 19.0. The number of hydrogen-bond acceptors (Lipinski definition) is 8. The molecular formula is C17H15ClN8O2S. The topological polar surface area (TPSA) is 117 Å². The average Bonchev–Trinajstić information content (AvgIpc) is 3.44. The van der Waals surface area contributed by atoms with Crippen molar-refractivity contribution in [2.45, 2.75) is 19.5 Å². The minimum absolute atomic E-state index is 0.0660. The highest BCUT2D eigenvalue weighted by molar-refractivity contribution is 7.15. The van der Waals surface area contributed by atoms with E-state index in [0.29, 0.717) is 27.5 Å². The predicted molar refractivity (Wildman–Crippen MR) is 109 cm³/mol. The molecule has 0 saturated heterocycles. The molecule has 3 heterocycles. The lowest BCUT2D eigenvalue weighted by Crippen LogP contribution is -2.06. The lowest BCUT2D eigenvalue weighted by Gasteiger charge is -2.06. The third kappa shape index (κ3) is 4.25. The summed E-state index contributed by atoms with van der Waals surface area (Å²) in [7, 11) is 0. The van der Waals surface area contributed by atoms with E-state index in [1.54, 1.807) is 4.68 Å². The van der Waals surface area contributed by atoms with E-state index in [0.717, 1.165) is 5.56 Å². The molecule has 0 amide bonds. The number of nitrogens with one attached hydrogen (secondary N) is 1. The van der Waals surface area contributed by atoms with Crippen LogP contribution in [0.25, 0.3) is 0 Å². The number of aromatic nitrogens is 6. The Labute approximate surface area is 173 Å². The van der Waals surface area contributed by atoms with E-state index < -0.39 is 4.92 Å². The second-order valence-electron chi connectivity index (χ2n) is 6.17. The Morgan fingerprint density at radius 1 is 1.31 bits per heavy atom. The van der Waals surface area contributed by atoms with Crippen LogP contribution >= 0.6 is 22.9 Å². The molecule has 12 heteroatoms. The van der Waals surface area contributed by atoms with Gasteiger partial charge in [-0.15, -0.1) is 10.2 Å². The Morgan fingerprint density at radius 2 is 2.14 bits per heavy atom. The number of rotatable bonds is 7. The Balaban J connectivity index is 1.43. The number of benzene rings is 1. The van der Waals surface area contributed by atoms with E-state index in [4.69, 9.17) is 11.6 Å². The summed E-state index contributed by atoms with van der Waals surface area (Å²) in [6, 6.07) is 9.17. The van der Waals surface area contributed by atoms with Crippen molar-refractivity contribution in [2.75, 3.05) is 5.32 Å². The standard InChI is InChI=1S/C17H15ClN8O2S/c1-11(25-10-13(8-19-25)26(27)28)16-21-22-17(29-16)20-15-6-7-24(23-15)9-12-4-2-3-5-14(12)18/h2-8,10-11H,9H2,1H3,(H,20,22,23)/t11-/m1/s1. The fraction of sp³-hybridized carbons (Fsp3) is 0.176. The molecule has 0 unspecified atom stereocenters. The van der Waals surface area contributed by atoms with Crippen LogP contribution in [0.2, 0.25) is 5.02 Å². The van der Waals surface area contributed by atoms with Gasteiger partial charge in [0.15, 0.2) is 5.82 Å². The van der Waals surface area contributed by atoms with Gasteiger partial charge in [0.1, 0.15) is 23.4 Å². The third-order valence-electron chi connectivity index (χ3n) is 4.16. The lowest BCUT2D eigenvalue weighted by molar-refractivity contribution is -0.385. The van der Waals surface area contributed by atoms with Crippen molar-refractivity contribution in [3.05, 3.63) is 74.6 Å². The summed E-state index contributed by atoms with van der Waals surface area (Å²) in [5.74, 6) is 0.627. The molecule has 4 rings (SSSR count). The van der Waals surface area contributed by atoms with E-state index in [1.807, 2.05) is 43.5 Å². The number of anilines is 2. The van der Waals surface area contributed by atoms with Gasteiger partial charge in [-0.3, -0.25) is 19.5 Å². The van der Waals surface area contributed by atoms with E-state index in [-0.39, 0.29) is 11.7 Å². The van der Waals surface area contributed by atoms with Crippen molar-refractivity contribution in [1.29, 1.82) is 0 Å². The van der Waals surface area contributed by atoms with Gasteiger partial charge in [-0.05, 0) is 18.6 Å². The van der Waals surface area contributed by atoms with Crippen LogP contribution in [-0.4, -0.2) is 34.7 Å². The summed E-state index contributed by atoms with van der Waals surface area (Å²) in [6.45, 7) is 2.40. The lowest BCUT2D eigenvalue weighted by atomic mass is 10.2. The monoisotopic (exact) mass is 430 g/mol. The van der Waals surface area contributed by atoms with Crippen LogP contribution in [0.5, 0.6) is 0 Å². The Kier molecular flexibility index (Phi) is 5.23. The maximum Gasteiger partial charge on any atom is 0.307 e. The van der Waals surface area contributed by atoms with E-state index in [9.17, 15) is 10.1 Å². The first-order valence-corrected chi connectivity index (χ1v) is 9.75. The first-order chi connectivity index (χ1) is 14.0. The molecule has 0 bridgehead atoms. The highest BCUT2D eigenvalue weighted by atomic mass is 35.5. The predicted octanol–water partition coefficient (Wildman–Crippen LogP) is 3.89. The molecule has 0 spiro atoms. The van der Waals surface area contributed by atoms with Gasteiger partial charge in [0.25, 0.3) is 0 Å². The van der Waals surface area contributed by atoms with Crippen molar-refractivity contribution in [3.8, 4) is 0 Å². The summed E-state index contributed by atoms with van der Waals surface area (Å²) in [5, 5.41) is 32.6. The number of nitrogens with zero attached hydrogens (tertiary/aromatic N) is 7. The van der Waals surface area contributed by atoms with Crippen LogP contribution in [0.3, 0.4) is 0 Å². The van der Waals surface area contributed by atoms with E-state index in [2.05, 4.69) is 25.7 Å². The fourth-order valence-electron chi connectivity index (χ4n) is 2.63. The van der Waals surface area contributed by atoms with Crippen molar-refractivity contribution in [1.82, 2.24) is 29.8 Å². The van der Waals surface area contributed by atoms with Crippen molar-refractivity contribution in [2.24, 2.45) is 0 Å². The first-order valence-electron chi connectivity index (χ1n) is 8.55. The van der Waals surface area contributed by atoms with Crippen LogP contribution in [-0.2, 0) is 6.54 Å². The normalized spacial score (nSPS) is 12.1. The van der Waals surface area contributed by atoms with Crippen LogP contribution in [0.15, 0.2) is 48.9 Å². The van der Waals surface area contributed by atoms with Crippen LogP contribution in [0, 0.1) is 10.1 Å². The number of nitro groups is 1. The van der Waals surface area contributed by atoms with Gasteiger partial charge >= 0.3 is 5.69 Å². The van der Waals surface area contributed by atoms with Gasteiger partial charge in [-0.2, -0.15) is 10.2 Å². The van der Waals surface area contributed by atoms with Gasteiger partial charge in [-0.1, -0.05) is 41.1 Å². The smallest absolute Gasteiger partial charge is 0.307 e. The van der Waals surface area contributed by atoms with Crippen molar-refractivity contribution < 1.29 is 4.92 Å². The summed E-state index contributed by atoms with van der Waals surface area (Å²) in [4.78, 5) is 10.3. The van der Waals surface area contributed by atoms with Gasteiger partial charge in [0.05, 0.1) is 11.5 Å². The molecule has 0 aliphatic heterocycles. The zero-order valence-electron chi connectivity index (χ0n) is 15.1. The molecule has 4 aromatic rings. The van der Waals surface area contributed by atoms with Gasteiger partial charge in [-0.25, -0.2) is 0 Å². The zero-order valence-corrected chi connectivity index (χ0v) is 16.7. The van der Waals surface area contributed by atoms with Gasteiger partial charge in [0, 0.05) is 17.3 Å². The van der Waals surface area contributed by atoms with Crippen LogP contribution in [0.4, 0.5) is 16.6 Å². The molecule has 10 nitrogen and oxygen atoms in total. The van der Waals surface area contributed by atoms with Crippen molar-refractivity contribution >= 4 is 39.6 Å². The molecule has 0 fully saturated rings. The van der Waals surface area contributed by atoms with E-state index >= 15 is 0 Å². The maximum atomic E-state index is 10.8. The molecule has 0 aliphatic carbocycles. The van der Waals surface area contributed by atoms with Gasteiger partial charge < -0.3 is 5.32 Å². The molecule has 1 aromatic carbocycles. The van der Waals surface area contributed by atoms with Crippen LogP contribution < -0.4 is 5.32 Å². The SMILES string of the molecule is C[C@H](c1nnc(Nc2ccn(Cc3ccccc3Cl)n2)s1)n1cc([N+](=O)[O-])cn1. The van der Waals surface area contributed by atoms with E-state index in [1.165, 1.54) is 28.4 Å². The molecule has 3 aromatic heterocycles. The Morgan fingerprint density at radius 3 is 2.90 bits per heavy atom. The Hall–Kier alpha value is -3.31. The maximum absolute atomic E-state index is 10.8. The number of halogens is 1. The minimum Gasteiger partial charge on any atom is -0.313 e. The Bertz CT molecular complexity index is 1150. The molecular weight excluding hydrogens is 416 g/mol. The average molecular weight is 431 g/mol. The molecule has 0 saturated carbocycles. The highest BCUT2D eigenvalue weighted by Gasteiger charge is 2.18. The summed E-state index contributed by atoms with van der Waals surface area (Å²) >= 11 is 7.52. The molecule has 1 N–H and O–H groups in total. The fourth-order valence-corrected chi connectivity index (χ4v) is 3.62. The second kappa shape index (κ2) is 7.97. The largest absolute Gasteiger partial charge is 0.313 e. The quantitative estimate of drug-likeness (QED) is 0.349. The van der Waals surface area contributed by atoms with Crippen LogP contribution in [0.1, 0.15) is 23.5 Å². The summed E-state index contributed by atoms with van der Waals surface area (Å²) in [5.41, 5.74) is 0.910. The zero-order chi connectivity index (χ0) is 20.4. The minimum atomic E-state index is -0.484. The molecule has 1 atom stereocenters.